The van der Waals surface area contributed by atoms with E-state index in [1.807, 2.05) is 0 Å². The number of carbonyl (C=O) groups is 2. The third-order valence-corrected chi connectivity index (χ3v) is 3.67. The van der Waals surface area contributed by atoms with E-state index in [-0.39, 0.29) is 23.5 Å². The van der Waals surface area contributed by atoms with Gasteiger partial charge in [-0.1, -0.05) is 13.8 Å². The van der Waals surface area contributed by atoms with E-state index in [1.54, 1.807) is 6.92 Å². The van der Waals surface area contributed by atoms with Crippen LogP contribution in [0.1, 0.15) is 40.0 Å². The normalized spacial score (nSPS) is 29.4. The zero-order valence-electron chi connectivity index (χ0n) is 9.04. The molecule has 0 spiro atoms. The Kier molecular flexibility index (Phi) is 2.98. The van der Waals surface area contributed by atoms with E-state index in [0.717, 1.165) is 6.42 Å². The Morgan fingerprint density at radius 1 is 1.43 bits per heavy atom. The smallest absolute Gasteiger partial charge is 0.303 e. The second-order valence-electron chi connectivity index (χ2n) is 4.85. The van der Waals surface area contributed by atoms with Crippen molar-refractivity contribution in [3.05, 3.63) is 0 Å². The summed E-state index contributed by atoms with van der Waals surface area (Å²) in [5, 5.41) is 8.56. The predicted molar refractivity (Wildman–Crippen MR) is 52.9 cm³/mol. The molecule has 80 valence electrons. The molecule has 14 heavy (non-hydrogen) atoms. The molecule has 1 saturated carbocycles. The number of hydrogen-bond donors (Lipinski definition) is 1. The molecule has 0 unspecified atom stereocenters. The van der Waals surface area contributed by atoms with Crippen molar-refractivity contribution in [3.63, 3.8) is 0 Å². The molecule has 3 nitrogen and oxygen atoms in total. The van der Waals surface area contributed by atoms with Gasteiger partial charge < -0.3 is 5.11 Å². The average molecular weight is 198 g/mol. The first kappa shape index (κ1) is 11.2. The number of carboxylic acids is 1. The predicted octanol–water partition coefficient (Wildman–Crippen LogP) is 2.10. The van der Waals surface area contributed by atoms with Gasteiger partial charge in [0.1, 0.15) is 5.78 Å². The van der Waals surface area contributed by atoms with E-state index in [1.165, 1.54) is 0 Å². The van der Waals surface area contributed by atoms with Gasteiger partial charge in [-0.05, 0) is 31.1 Å². The van der Waals surface area contributed by atoms with Gasteiger partial charge in [0.25, 0.3) is 0 Å². The van der Waals surface area contributed by atoms with Crippen molar-refractivity contribution in [1.82, 2.24) is 0 Å². The van der Waals surface area contributed by atoms with E-state index in [2.05, 4.69) is 13.8 Å². The fourth-order valence-electron chi connectivity index (χ4n) is 2.49. The van der Waals surface area contributed by atoms with Crippen LogP contribution in [0.2, 0.25) is 0 Å². The minimum absolute atomic E-state index is 0.00127. The Balaban J connectivity index is 2.46. The number of carboxylic acid groups (broad SMARTS) is 1. The van der Waals surface area contributed by atoms with Crippen molar-refractivity contribution >= 4 is 11.8 Å². The molecule has 0 aromatic heterocycles. The van der Waals surface area contributed by atoms with Gasteiger partial charge in [0.15, 0.2) is 0 Å². The van der Waals surface area contributed by atoms with Crippen LogP contribution in [0, 0.1) is 17.3 Å². The van der Waals surface area contributed by atoms with Crippen LogP contribution in [0.5, 0.6) is 0 Å². The van der Waals surface area contributed by atoms with Crippen molar-refractivity contribution in [2.45, 2.75) is 40.0 Å². The molecule has 0 aromatic rings. The molecule has 0 aromatic carbocycles. The Morgan fingerprint density at radius 2 is 2.00 bits per heavy atom. The van der Waals surface area contributed by atoms with E-state index < -0.39 is 5.97 Å². The Labute approximate surface area is 84.5 Å². The van der Waals surface area contributed by atoms with Crippen LogP contribution in [0.4, 0.5) is 0 Å². The first-order valence-electron chi connectivity index (χ1n) is 5.08. The van der Waals surface area contributed by atoms with Gasteiger partial charge in [0, 0.05) is 12.3 Å². The summed E-state index contributed by atoms with van der Waals surface area (Å²) in [4.78, 5) is 21.6. The van der Waals surface area contributed by atoms with E-state index in [9.17, 15) is 9.59 Å². The molecule has 3 heteroatoms. The topological polar surface area (TPSA) is 54.4 Å². The molecule has 0 aliphatic heterocycles. The van der Waals surface area contributed by atoms with Crippen LogP contribution < -0.4 is 0 Å². The van der Waals surface area contributed by atoms with Gasteiger partial charge in [0.05, 0.1) is 0 Å². The number of hydrogen-bond acceptors (Lipinski definition) is 2. The SMILES string of the molecule is CC(=O)[C@@H]1C[C@@H](CCC(=O)O)C1(C)C. The molecule has 0 saturated heterocycles. The highest BCUT2D eigenvalue weighted by atomic mass is 16.4. The Morgan fingerprint density at radius 3 is 2.36 bits per heavy atom. The lowest BCUT2D eigenvalue weighted by Gasteiger charge is -2.51. The van der Waals surface area contributed by atoms with Gasteiger partial charge in [0.2, 0.25) is 0 Å². The second kappa shape index (κ2) is 3.71. The third kappa shape index (κ3) is 1.97. The van der Waals surface area contributed by atoms with Crippen LogP contribution in [0.25, 0.3) is 0 Å². The summed E-state index contributed by atoms with van der Waals surface area (Å²) in [6.45, 7) is 5.75. The first-order valence-corrected chi connectivity index (χ1v) is 5.08. The number of rotatable bonds is 4. The fraction of sp³-hybridized carbons (Fsp3) is 0.818. The minimum Gasteiger partial charge on any atom is -0.481 e. The summed E-state index contributed by atoms with van der Waals surface area (Å²) >= 11 is 0. The quantitative estimate of drug-likeness (QED) is 0.752. The Bertz CT molecular complexity index is 253. The van der Waals surface area contributed by atoms with Crippen molar-refractivity contribution in [3.8, 4) is 0 Å². The molecule has 0 amide bonds. The van der Waals surface area contributed by atoms with E-state index >= 15 is 0 Å². The molecule has 2 atom stereocenters. The molecule has 1 aliphatic carbocycles. The minimum atomic E-state index is -0.743. The summed E-state index contributed by atoms with van der Waals surface area (Å²) in [6.07, 6.45) is 1.79. The van der Waals surface area contributed by atoms with Crippen molar-refractivity contribution in [2.75, 3.05) is 0 Å². The van der Waals surface area contributed by atoms with Crippen LogP contribution >= 0.6 is 0 Å². The lowest BCUT2D eigenvalue weighted by Crippen LogP contribution is -2.48. The molecular weight excluding hydrogens is 180 g/mol. The third-order valence-electron chi connectivity index (χ3n) is 3.67. The lowest BCUT2D eigenvalue weighted by molar-refractivity contribution is -0.140. The molecule has 1 N–H and O–H groups in total. The standard InChI is InChI=1S/C11H18O3/c1-7(12)9-6-8(11(9,2)3)4-5-10(13)14/h8-9H,4-6H2,1-3H3,(H,13,14)/t8-,9+/m1/s1. The Hall–Kier alpha value is -0.860. The molecule has 1 aliphatic rings. The molecule has 1 fully saturated rings. The number of Topliss-reactive ketones (excluding diaryl/α,β-unsaturated/α-hetero) is 1. The zero-order chi connectivity index (χ0) is 10.9. The summed E-state index contributed by atoms with van der Waals surface area (Å²) in [6, 6.07) is 0. The van der Waals surface area contributed by atoms with E-state index in [4.69, 9.17) is 5.11 Å². The van der Waals surface area contributed by atoms with Gasteiger partial charge >= 0.3 is 5.97 Å². The van der Waals surface area contributed by atoms with Crippen LogP contribution in [-0.2, 0) is 9.59 Å². The highest BCUT2D eigenvalue weighted by Crippen LogP contribution is 2.53. The van der Waals surface area contributed by atoms with E-state index in [0.29, 0.717) is 12.3 Å². The molecule has 0 radical (unpaired) electrons. The molecule has 0 bridgehead atoms. The summed E-state index contributed by atoms with van der Waals surface area (Å²) in [5.74, 6) is 0.0300. The summed E-state index contributed by atoms with van der Waals surface area (Å²) in [7, 11) is 0. The largest absolute Gasteiger partial charge is 0.481 e. The van der Waals surface area contributed by atoms with Crippen molar-refractivity contribution in [1.29, 1.82) is 0 Å². The van der Waals surface area contributed by atoms with Gasteiger partial charge in [-0.3, -0.25) is 9.59 Å². The number of ketones is 1. The van der Waals surface area contributed by atoms with Gasteiger partial charge in [-0.15, -0.1) is 0 Å². The maximum atomic E-state index is 11.2. The zero-order valence-corrected chi connectivity index (χ0v) is 9.04. The fourth-order valence-corrected chi connectivity index (χ4v) is 2.49. The van der Waals surface area contributed by atoms with Gasteiger partial charge in [-0.25, -0.2) is 0 Å². The highest BCUT2D eigenvalue weighted by Gasteiger charge is 2.49. The van der Waals surface area contributed by atoms with Crippen LogP contribution in [0.3, 0.4) is 0 Å². The number of aliphatic carboxylic acids is 1. The van der Waals surface area contributed by atoms with Gasteiger partial charge in [-0.2, -0.15) is 0 Å². The summed E-state index contributed by atoms with van der Waals surface area (Å²) in [5.41, 5.74) is 0.00127. The van der Waals surface area contributed by atoms with Crippen molar-refractivity contribution in [2.24, 2.45) is 17.3 Å². The second-order valence-corrected chi connectivity index (χ2v) is 4.85. The van der Waals surface area contributed by atoms with Crippen LogP contribution in [0.15, 0.2) is 0 Å². The van der Waals surface area contributed by atoms with Crippen LogP contribution in [-0.4, -0.2) is 16.9 Å². The van der Waals surface area contributed by atoms with Crippen molar-refractivity contribution < 1.29 is 14.7 Å². The molecule has 0 heterocycles. The first-order chi connectivity index (χ1) is 6.35. The maximum Gasteiger partial charge on any atom is 0.303 e. The molecular formula is C11H18O3. The maximum absolute atomic E-state index is 11.2. The number of carbonyl (C=O) groups excluding carboxylic acids is 1. The monoisotopic (exact) mass is 198 g/mol. The highest BCUT2D eigenvalue weighted by molar-refractivity contribution is 5.80. The average Bonchev–Trinajstić information content (AvgIpc) is 2.00. The molecule has 1 rings (SSSR count). The lowest BCUT2D eigenvalue weighted by atomic mass is 9.52. The summed E-state index contributed by atoms with van der Waals surface area (Å²) < 4.78 is 0.